The summed E-state index contributed by atoms with van der Waals surface area (Å²) in [4.78, 5) is 14.6. The molecule has 3 fully saturated rings. The number of nitrogens with zero attached hydrogens (tertiary/aromatic N) is 1. The first-order chi connectivity index (χ1) is 18.9. The number of carbonyl (C=O) groups excluding carboxylic acids is 1. The third-order valence-corrected chi connectivity index (χ3v) is 9.34. The number of likely N-dealkylation sites (tertiary alicyclic amines) is 1. The van der Waals surface area contributed by atoms with Gasteiger partial charge in [0.25, 0.3) is 5.91 Å². The fraction of sp³-hybridized carbons (Fsp3) is 0.567. The lowest BCUT2D eigenvalue weighted by Crippen LogP contribution is -2.48. The van der Waals surface area contributed by atoms with Crippen LogP contribution in [0.5, 0.6) is 0 Å². The van der Waals surface area contributed by atoms with Crippen LogP contribution in [-0.2, 0) is 21.4 Å². The molecule has 1 spiro atoms. The molecule has 40 heavy (non-hydrogen) atoms. The number of ether oxygens (including phenoxy) is 1. The SMILES string of the molecule is CCC(c1cc(F)cc(F)c1)N1CCC2(CC1)CC(COCc1cc(F)c(C(=O)NS(C)(=O)=O)cc1C1CC1)C2. The maximum absolute atomic E-state index is 14.8. The lowest BCUT2D eigenvalue weighted by atomic mass is 9.57. The Labute approximate surface area is 234 Å². The van der Waals surface area contributed by atoms with Crippen LogP contribution in [0.25, 0.3) is 0 Å². The fourth-order valence-electron chi connectivity index (χ4n) is 6.74. The van der Waals surface area contributed by atoms with E-state index in [2.05, 4.69) is 4.90 Å². The van der Waals surface area contributed by atoms with E-state index >= 15 is 0 Å². The first-order valence-corrected chi connectivity index (χ1v) is 16.0. The largest absolute Gasteiger partial charge is 0.376 e. The molecule has 2 saturated carbocycles. The van der Waals surface area contributed by atoms with Crippen LogP contribution in [0.15, 0.2) is 30.3 Å². The summed E-state index contributed by atoms with van der Waals surface area (Å²) < 4.78 is 73.0. The van der Waals surface area contributed by atoms with Gasteiger partial charge in [-0.2, -0.15) is 0 Å². The van der Waals surface area contributed by atoms with Crippen LogP contribution >= 0.6 is 0 Å². The zero-order valence-electron chi connectivity index (χ0n) is 23.0. The van der Waals surface area contributed by atoms with Gasteiger partial charge in [-0.25, -0.2) is 26.3 Å². The van der Waals surface area contributed by atoms with Crippen LogP contribution in [0.4, 0.5) is 13.2 Å². The van der Waals surface area contributed by atoms with Crippen molar-refractivity contribution >= 4 is 15.9 Å². The van der Waals surface area contributed by atoms with Gasteiger partial charge in [0.1, 0.15) is 17.5 Å². The topological polar surface area (TPSA) is 75.7 Å². The molecule has 2 aliphatic carbocycles. The van der Waals surface area contributed by atoms with Crippen molar-refractivity contribution < 1.29 is 31.1 Å². The number of benzene rings is 2. The average Bonchev–Trinajstić information content (AvgIpc) is 3.68. The van der Waals surface area contributed by atoms with E-state index in [1.807, 2.05) is 11.6 Å². The molecule has 6 nitrogen and oxygen atoms in total. The Morgan fingerprint density at radius 2 is 1.73 bits per heavy atom. The highest BCUT2D eigenvalue weighted by Crippen LogP contribution is 2.53. The number of halogens is 3. The van der Waals surface area contributed by atoms with Gasteiger partial charge in [-0.05, 0) is 116 Å². The number of amides is 1. The summed E-state index contributed by atoms with van der Waals surface area (Å²) in [7, 11) is -3.79. The summed E-state index contributed by atoms with van der Waals surface area (Å²) in [5.74, 6) is -2.14. The van der Waals surface area contributed by atoms with Crippen LogP contribution in [-0.4, -0.2) is 45.2 Å². The summed E-state index contributed by atoms with van der Waals surface area (Å²) in [5.41, 5.74) is 2.27. The first-order valence-electron chi connectivity index (χ1n) is 14.1. The number of piperidine rings is 1. The predicted molar refractivity (Wildman–Crippen MR) is 146 cm³/mol. The maximum Gasteiger partial charge on any atom is 0.267 e. The van der Waals surface area contributed by atoms with Gasteiger partial charge in [-0.1, -0.05) is 6.92 Å². The molecule has 2 aromatic carbocycles. The van der Waals surface area contributed by atoms with Gasteiger partial charge in [0.15, 0.2) is 0 Å². The second-order valence-electron chi connectivity index (χ2n) is 12.0. The smallest absolute Gasteiger partial charge is 0.267 e. The molecule has 2 aromatic rings. The Balaban J connectivity index is 1.12. The lowest BCUT2D eigenvalue weighted by molar-refractivity contribution is -0.0594. The second-order valence-corrected chi connectivity index (χ2v) is 13.7. The van der Waals surface area contributed by atoms with Gasteiger partial charge < -0.3 is 4.74 Å². The number of nitrogens with one attached hydrogen (secondary N) is 1. The van der Waals surface area contributed by atoms with E-state index in [1.54, 1.807) is 0 Å². The quantitative estimate of drug-likeness (QED) is 0.384. The van der Waals surface area contributed by atoms with Gasteiger partial charge in [0, 0.05) is 18.7 Å². The summed E-state index contributed by atoms with van der Waals surface area (Å²) in [6, 6.07) is 6.58. The molecule has 10 heteroatoms. The molecule has 3 aliphatic rings. The Morgan fingerprint density at radius 1 is 1.07 bits per heavy atom. The average molecular weight is 579 g/mol. The Morgan fingerprint density at radius 3 is 2.30 bits per heavy atom. The highest BCUT2D eigenvalue weighted by Gasteiger charge is 2.46. The fourth-order valence-corrected chi connectivity index (χ4v) is 7.18. The van der Waals surface area contributed by atoms with E-state index in [4.69, 9.17) is 4.74 Å². The first kappa shape index (κ1) is 29.1. The summed E-state index contributed by atoms with van der Waals surface area (Å²) in [6.45, 7) is 4.66. The van der Waals surface area contributed by atoms with Gasteiger partial charge >= 0.3 is 0 Å². The summed E-state index contributed by atoms with van der Waals surface area (Å²) in [5, 5.41) is 0. The lowest BCUT2D eigenvalue weighted by Gasteiger charge is -2.53. The third kappa shape index (κ3) is 6.71. The number of rotatable bonds is 10. The van der Waals surface area contributed by atoms with E-state index in [0.29, 0.717) is 23.7 Å². The van der Waals surface area contributed by atoms with E-state index in [9.17, 15) is 26.4 Å². The molecule has 0 aromatic heterocycles. The Bertz CT molecular complexity index is 1340. The number of carbonyl (C=O) groups is 1. The van der Waals surface area contributed by atoms with Crippen molar-refractivity contribution in [1.29, 1.82) is 0 Å². The third-order valence-electron chi connectivity index (χ3n) is 8.78. The molecule has 5 rings (SSSR count). The zero-order valence-corrected chi connectivity index (χ0v) is 23.8. The van der Waals surface area contributed by atoms with E-state index < -0.39 is 33.4 Å². The molecule has 0 bridgehead atoms. The van der Waals surface area contributed by atoms with Gasteiger partial charge in [-0.15, -0.1) is 0 Å². The van der Waals surface area contributed by atoms with Crippen molar-refractivity contribution in [3.8, 4) is 0 Å². The van der Waals surface area contributed by atoms with Gasteiger partial charge in [0.2, 0.25) is 10.0 Å². The minimum atomic E-state index is -3.79. The molecular weight excluding hydrogens is 541 g/mol. The highest BCUT2D eigenvalue weighted by molar-refractivity contribution is 7.89. The molecule has 1 aliphatic heterocycles. The molecular formula is C30H37F3N2O4S. The van der Waals surface area contributed by atoms with E-state index in [-0.39, 0.29) is 29.5 Å². The molecule has 1 unspecified atom stereocenters. The van der Waals surface area contributed by atoms with Crippen molar-refractivity contribution in [3.63, 3.8) is 0 Å². The minimum absolute atomic E-state index is 0.00616. The van der Waals surface area contributed by atoms with Crippen molar-refractivity contribution in [3.05, 3.63) is 70.0 Å². The monoisotopic (exact) mass is 578 g/mol. The molecule has 1 amide bonds. The van der Waals surface area contributed by atoms with Crippen molar-refractivity contribution in [1.82, 2.24) is 9.62 Å². The van der Waals surface area contributed by atoms with Gasteiger partial charge in [0.05, 0.1) is 18.4 Å². The van der Waals surface area contributed by atoms with Crippen molar-refractivity contribution in [2.45, 2.75) is 70.4 Å². The van der Waals surface area contributed by atoms with Gasteiger partial charge in [-0.3, -0.25) is 9.69 Å². The van der Waals surface area contributed by atoms with E-state index in [0.717, 1.165) is 75.9 Å². The summed E-state index contributed by atoms with van der Waals surface area (Å²) >= 11 is 0. The predicted octanol–water partition coefficient (Wildman–Crippen LogP) is 5.83. The maximum atomic E-state index is 14.8. The molecule has 1 saturated heterocycles. The molecule has 1 atom stereocenters. The van der Waals surface area contributed by atoms with Crippen LogP contribution in [0.2, 0.25) is 0 Å². The molecule has 1 heterocycles. The number of hydrogen-bond acceptors (Lipinski definition) is 5. The Kier molecular flexibility index (Phi) is 8.32. The normalized spacial score (nSPS) is 20.3. The molecule has 0 radical (unpaired) electrons. The zero-order chi connectivity index (χ0) is 28.7. The van der Waals surface area contributed by atoms with E-state index in [1.165, 1.54) is 24.3 Å². The second kappa shape index (κ2) is 11.4. The summed E-state index contributed by atoms with van der Waals surface area (Å²) in [6.07, 6.45) is 7.78. The highest BCUT2D eigenvalue weighted by atomic mass is 32.2. The standard InChI is InChI=1S/C30H37F3N2O4S/c1-3-28(21-10-23(31)13-24(32)11-21)35-8-6-30(7-9-35)15-19(16-30)17-39-18-22-12-27(33)26(14-25(22)20-4-5-20)29(36)34-40(2,37)38/h10-14,19-20,28H,3-9,15-18H2,1-2H3,(H,34,36). The van der Waals surface area contributed by atoms with Crippen molar-refractivity contribution in [2.24, 2.45) is 11.3 Å². The van der Waals surface area contributed by atoms with Crippen LogP contribution in [0.1, 0.15) is 90.9 Å². The number of sulfonamides is 1. The Hall–Kier alpha value is -2.43. The minimum Gasteiger partial charge on any atom is -0.376 e. The van der Waals surface area contributed by atoms with Crippen LogP contribution in [0, 0.1) is 28.8 Å². The number of hydrogen-bond donors (Lipinski definition) is 1. The van der Waals surface area contributed by atoms with Crippen molar-refractivity contribution in [2.75, 3.05) is 26.0 Å². The van der Waals surface area contributed by atoms with Crippen LogP contribution in [0.3, 0.4) is 0 Å². The molecule has 218 valence electrons. The molecule has 1 N–H and O–H groups in total. The van der Waals surface area contributed by atoms with Crippen LogP contribution < -0.4 is 4.72 Å².